The number of nitrogens with zero attached hydrogens (tertiary/aromatic N) is 4. The van der Waals surface area contributed by atoms with Gasteiger partial charge < -0.3 is 9.64 Å². The van der Waals surface area contributed by atoms with Crippen LogP contribution in [-0.4, -0.2) is 66.7 Å². The Labute approximate surface area is 138 Å². The molecule has 0 spiro atoms. The van der Waals surface area contributed by atoms with Gasteiger partial charge in [0.05, 0.1) is 0 Å². The van der Waals surface area contributed by atoms with Crippen LogP contribution in [0.5, 0.6) is 0 Å². The highest BCUT2D eigenvalue weighted by Gasteiger charge is 2.17. The van der Waals surface area contributed by atoms with Gasteiger partial charge in [0, 0.05) is 57.7 Å². The monoisotopic (exact) mass is 326 g/mol. The Kier molecular flexibility index (Phi) is 8.53. The van der Waals surface area contributed by atoms with Crippen molar-refractivity contribution in [1.82, 2.24) is 14.9 Å². The molecule has 5 nitrogen and oxygen atoms in total. The third-order valence-corrected chi connectivity index (χ3v) is 4.16. The molecule has 6 heteroatoms. The fraction of sp³-hybridized carbons (Fsp3) is 0.750. The van der Waals surface area contributed by atoms with E-state index < -0.39 is 0 Å². The summed E-state index contributed by atoms with van der Waals surface area (Å²) in [6.07, 6.45) is 8.09. The molecule has 0 saturated carbocycles. The van der Waals surface area contributed by atoms with E-state index in [-0.39, 0.29) is 0 Å². The van der Waals surface area contributed by atoms with E-state index in [0.717, 1.165) is 77.0 Å². The summed E-state index contributed by atoms with van der Waals surface area (Å²) in [6, 6.07) is 1.86. The molecule has 22 heavy (non-hydrogen) atoms. The molecule has 0 aromatic carbocycles. The van der Waals surface area contributed by atoms with Crippen LogP contribution in [0.1, 0.15) is 25.7 Å². The van der Waals surface area contributed by atoms with Crippen LogP contribution in [0.4, 0.5) is 5.95 Å². The lowest BCUT2D eigenvalue weighted by Crippen LogP contribution is -2.47. The van der Waals surface area contributed by atoms with Crippen molar-refractivity contribution >= 4 is 17.5 Å². The highest BCUT2D eigenvalue weighted by atomic mass is 35.5. The summed E-state index contributed by atoms with van der Waals surface area (Å²) in [5.74, 6) is 1.59. The van der Waals surface area contributed by atoms with Gasteiger partial charge in [0.25, 0.3) is 0 Å². The Morgan fingerprint density at radius 2 is 1.64 bits per heavy atom. The first-order chi connectivity index (χ1) is 10.9. The topological polar surface area (TPSA) is 41.5 Å². The van der Waals surface area contributed by atoms with Gasteiger partial charge in [0.2, 0.25) is 5.95 Å². The molecule has 2 rings (SSSR count). The average Bonchev–Trinajstić information content (AvgIpc) is 2.59. The second-order valence-corrected chi connectivity index (χ2v) is 5.97. The number of hydrogen-bond donors (Lipinski definition) is 0. The summed E-state index contributed by atoms with van der Waals surface area (Å²) in [5, 5.41) is 0. The van der Waals surface area contributed by atoms with Gasteiger partial charge in [-0.1, -0.05) is 0 Å². The van der Waals surface area contributed by atoms with E-state index in [9.17, 15) is 0 Å². The van der Waals surface area contributed by atoms with Crippen molar-refractivity contribution in [3.63, 3.8) is 0 Å². The Hall–Kier alpha value is -0.910. The number of unbranched alkanes of at least 4 members (excludes halogenated alkanes) is 2. The highest BCUT2D eigenvalue weighted by molar-refractivity contribution is 6.17. The maximum Gasteiger partial charge on any atom is 0.225 e. The number of anilines is 1. The molecule has 0 aliphatic carbocycles. The number of ether oxygens (including phenoxy) is 1. The average molecular weight is 327 g/mol. The predicted molar refractivity (Wildman–Crippen MR) is 90.7 cm³/mol. The number of rotatable bonds is 10. The van der Waals surface area contributed by atoms with Crippen LogP contribution < -0.4 is 4.90 Å². The van der Waals surface area contributed by atoms with E-state index in [1.807, 2.05) is 18.5 Å². The zero-order valence-corrected chi connectivity index (χ0v) is 14.0. The quantitative estimate of drug-likeness (QED) is 0.488. The van der Waals surface area contributed by atoms with Gasteiger partial charge in [-0.05, 0) is 38.3 Å². The first-order valence-electron chi connectivity index (χ1n) is 8.28. The molecular formula is C16H27ClN4O. The van der Waals surface area contributed by atoms with Gasteiger partial charge in [-0.25, -0.2) is 9.97 Å². The van der Waals surface area contributed by atoms with E-state index in [2.05, 4.69) is 19.8 Å². The molecule has 2 heterocycles. The summed E-state index contributed by atoms with van der Waals surface area (Å²) in [6.45, 7) is 7.10. The Morgan fingerprint density at radius 3 is 2.32 bits per heavy atom. The van der Waals surface area contributed by atoms with Crippen molar-refractivity contribution in [2.24, 2.45) is 0 Å². The van der Waals surface area contributed by atoms with Gasteiger partial charge in [-0.3, -0.25) is 4.90 Å². The molecule has 0 radical (unpaired) electrons. The van der Waals surface area contributed by atoms with E-state index in [1.54, 1.807) is 0 Å². The van der Waals surface area contributed by atoms with Gasteiger partial charge in [-0.15, -0.1) is 11.6 Å². The van der Waals surface area contributed by atoms with Gasteiger partial charge >= 0.3 is 0 Å². The maximum atomic E-state index is 5.63. The van der Waals surface area contributed by atoms with Crippen LogP contribution in [0, 0.1) is 0 Å². The summed E-state index contributed by atoms with van der Waals surface area (Å²) in [7, 11) is 0. The largest absolute Gasteiger partial charge is 0.381 e. The SMILES string of the molecule is ClCCCCOCCCCN1CCN(c2ncccn2)CC1. The molecule has 1 fully saturated rings. The highest BCUT2D eigenvalue weighted by Crippen LogP contribution is 2.10. The Bertz CT molecular complexity index is 385. The van der Waals surface area contributed by atoms with Crippen LogP contribution in [0.2, 0.25) is 0 Å². The van der Waals surface area contributed by atoms with Crippen LogP contribution in [0.3, 0.4) is 0 Å². The number of alkyl halides is 1. The van der Waals surface area contributed by atoms with Crippen molar-refractivity contribution < 1.29 is 4.74 Å². The van der Waals surface area contributed by atoms with Crippen LogP contribution >= 0.6 is 11.6 Å². The lowest BCUT2D eigenvalue weighted by atomic mass is 10.2. The Morgan fingerprint density at radius 1 is 0.955 bits per heavy atom. The lowest BCUT2D eigenvalue weighted by molar-refractivity contribution is 0.124. The van der Waals surface area contributed by atoms with Crippen molar-refractivity contribution in [1.29, 1.82) is 0 Å². The molecule has 1 aromatic rings. The van der Waals surface area contributed by atoms with Crippen molar-refractivity contribution in [2.75, 3.05) is 56.7 Å². The molecule has 0 bridgehead atoms. The number of aromatic nitrogens is 2. The third-order valence-electron chi connectivity index (χ3n) is 3.89. The molecule has 124 valence electrons. The minimum atomic E-state index is 0.739. The molecular weight excluding hydrogens is 300 g/mol. The van der Waals surface area contributed by atoms with Gasteiger partial charge in [-0.2, -0.15) is 0 Å². The molecule has 0 unspecified atom stereocenters. The van der Waals surface area contributed by atoms with Gasteiger partial charge in [0.1, 0.15) is 0 Å². The van der Waals surface area contributed by atoms with E-state index >= 15 is 0 Å². The van der Waals surface area contributed by atoms with Crippen molar-refractivity contribution in [2.45, 2.75) is 25.7 Å². The van der Waals surface area contributed by atoms with E-state index in [0.29, 0.717) is 0 Å². The van der Waals surface area contributed by atoms with Crippen LogP contribution in [-0.2, 0) is 4.74 Å². The van der Waals surface area contributed by atoms with Crippen LogP contribution in [0.25, 0.3) is 0 Å². The summed E-state index contributed by atoms with van der Waals surface area (Å²) in [5.41, 5.74) is 0. The minimum Gasteiger partial charge on any atom is -0.381 e. The van der Waals surface area contributed by atoms with Crippen LogP contribution in [0.15, 0.2) is 18.5 Å². The molecule has 1 aliphatic heterocycles. The first-order valence-corrected chi connectivity index (χ1v) is 8.81. The molecule has 0 N–H and O–H groups in total. The van der Waals surface area contributed by atoms with Crippen molar-refractivity contribution in [3.05, 3.63) is 18.5 Å². The van der Waals surface area contributed by atoms with E-state index in [4.69, 9.17) is 16.3 Å². The third kappa shape index (κ3) is 6.46. The number of piperazine rings is 1. The normalized spacial score (nSPS) is 16.1. The fourth-order valence-corrected chi connectivity index (χ4v) is 2.76. The Balaban J connectivity index is 1.49. The molecule has 0 atom stereocenters. The van der Waals surface area contributed by atoms with Gasteiger partial charge in [0.15, 0.2) is 0 Å². The molecule has 0 amide bonds. The molecule has 1 saturated heterocycles. The van der Waals surface area contributed by atoms with Crippen molar-refractivity contribution in [3.8, 4) is 0 Å². The molecule has 1 aliphatic rings. The standard InChI is InChI=1S/C16H27ClN4O/c17-6-1-3-14-22-15-4-2-9-20-10-12-21(13-11-20)16-18-7-5-8-19-16/h5,7-8H,1-4,6,9-15H2. The second-order valence-electron chi connectivity index (χ2n) is 5.59. The summed E-state index contributed by atoms with van der Waals surface area (Å²) < 4.78 is 5.60. The smallest absolute Gasteiger partial charge is 0.225 e. The fourth-order valence-electron chi connectivity index (χ4n) is 2.57. The first kappa shape index (κ1) is 17.4. The lowest BCUT2D eigenvalue weighted by Gasteiger charge is -2.34. The zero-order valence-electron chi connectivity index (χ0n) is 13.3. The predicted octanol–water partition coefficient (Wildman–Crippen LogP) is 2.41. The maximum absolute atomic E-state index is 5.63. The minimum absolute atomic E-state index is 0.739. The second kappa shape index (κ2) is 10.8. The molecule has 1 aromatic heterocycles. The zero-order chi connectivity index (χ0) is 15.5. The van der Waals surface area contributed by atoms with E-state index in [1.165, 1.54) is 6.42 Å². The summed E-state index contributed by atoms with van der Waals surface area (Å²) in [4.78, 5) is 13.4. The number of hydrogen-bond acceptors (Lipinski definition) is 5. The summed E-state index contributed by atoms with van der Waals surface area (Å²) >= 11 is 5.63. The number of halogens is 1.